The van der Waals surface area contributed by atoms with Crippen LogP contribution in [-0.2, 0) is 0 Å². The molecule has 0 unspecified atom stereocenters. The van der Waals surface area contributed by atoms with Crippen molar-refractivity contribution in [2.45, 2.75) is 26.3 Å². The van der Waals surface area contributed by atoms with Crippen molar-refractivity contribution < 1.29 is 18.7 Å². The molecule has 0 radical (unpaired) electrons. The van der Waals surface area contributed by atoms with Crippen molar-refractivity contribution in [3.8, 4) is 11.5 Å². The maximum absolute atomic E-state index is 12.8. The number of nitrogens with one attached hydrogen (secondary N) is 1. The number of fused-ring (bicyclic) bond motifs is 2. The molecule has 1 aliphatic heterocycles. The number of furan rings is 1. The van der Waals surface area contributed by atoms with E-state index in [1.807, 2.05) is 42.5 Å². The van der Waals surface area contributed by atoms with Gasteiger partial charge in [-0.3, -0.25) is 4.79 Å². The molecule has 0 fully saturated rings. The predicted octanol–water partition coefficient (Wildman–Crippen LogP) is 4.72. The van der Waals surface area contributed by atoms with Crippen LogP contribution in [0.15, 0.2) is 52.9 Å². The van der Waals surface area contributed by atoms with Gasteiger partial charge in [-0.2, -0.15) is 0 Å². The third-order valence-corrected chi connectivity index (χ3v) is 4.73. The van der Waals surface area contributed by atoms with E-state index >= 15 is 0 Å². The van der Waals surface area contributed by atoms with E-state index in [9.17, 15) is 4.79 Å². The Bertz CT molecular complexity index is 927. The van der Waals surface area contributed by atoms with Gasteiger partial charge in [0.05, 0.1) is 19.3 Å². The van der Waals surface area contributed by atoms with E-state index in [0.717, 1.165) is 28.9 Å². The third kappa shape index (κ3) is 3.63. The summed E-state index contributed by atoms with van der Waals surface area (Å²) in [6.45, 7) is 5.44. The van der Waals surface area contributed by atoms with Gasteiger partial charge in [0.25, 0.3) is 5.91 Å². The highest BCUT2D eigenvalue weighted by atomic mass is 16.5. The molecule has 1 N–H and O–H groups in total. The van der Waals surface area contributed by atoms with E-state index in [1.165, 1.54) is 0 Å². The zero-order valence-corrected chi connectivity index (χ0v) is 15.5. The summed E-state index contributed by atoms with van der Waals surface area (Å²) in [5.74, 6) is 1.77. The van der Waals surface area contributed by atoms with Crippen LogP contribution >= 0.6 is 0 Å². The topological polar surface area (TPSA) is 60.7 Å². The highest BCUT2D eigenvalue weighted by Crippen LogP contribution is 2.34. The van der Waals surface area contributed by atoms with Crippen LogP contribution < -0.4 is 14.8 Å². The molecule has 1 atom stereocenters. The number of rotatable bonds is 4. The van der Waals surface area contributed by atoms with Gasteiger partial charge in [-0.05, 0) is 35.7 Å². The first-order valence-corrected chi connectivity index (χ1v) is 9.31. The number of benzene rings is 2. The molecular weight excluding hydrogens is 342 g/mol. The van der Waals surface area contributed by atoms with E-state index in [0.29, 0.717) is 24.6 Å². The highest BCUT2D eigenvalue weighted by molar-refractivity contribution is 5.96. The summed E-state index contributed by atoms with van der Waals surface area (Å²) in [4.78, 5) is 12.8. The van der Waals surface area contributed by atoms with Crippen LogP contribution in [0, 0.1) is 5.92 Å². The van der Waals surface area contributed by atoms with Gasteiger partial charge in [-0.15, -0.1) is 0 Å². The van der Waals surface area contributed by atoms with Gasteiger partial charge in [0.1, 0.15) is 5.58 Å². The zero-order valence-electron chi connectivity index (χ0n) is 15.5. The number of ether oxygens (including phenoxy) is 2. The molecule has 2 heterocycles. The Morgan fingerprint density at radius 3 is 2.56 bits per heavy atom. The molecule has 1 amide bonds. The van der Waals surface area contributed by atoms with Crippen LogP contribution in [0.4, 0.5) is 0 Å². The van der Waals surface area contributed by atoms with E-state index in [2.05, 4.69) is 19.2 Å². The van der Waals surface area contributed by atoms with Gasteiger partial charge < -0.3 is 19.2 Å². The summed E-state index contributed by atoms with van der Waals surface area (Å²) in [5, 5.41) is 4.02. The minimum Gasteiger partial charge on any atom is -0.490 e. The molecule has 0 aliphatic carbocycles. The fourth-order valence-corrected chi connectivity index (χ4v) is 3.31. The molecule has 0 saturated carbocycles. The number of amides is 1. The Morgan fingerprint density at radius 2 is 1.78 bits per heavy atom. The summed E-state index contributed by atoms with van der Waals surface area (Å²) in [6.07, 6.45) is 0.862. The van der Waals surface area contributed by atoms with E-state index < -0.39 is 0 Å². The SMILES string of the molecule is CC(C)[C@@H](NC(=O)c1cc2ccccc2o1)c1ccc2c(c1)OCCCO2. The molecule has 5 nitrogen and oxygen atoms in total. The maximum Gasteiger partial charge on any atom is 0.287 e. The normalized spacial score (nSPS) is 14.8. The Kier molecular flexibility index (Phi) is 4.75. The minimum atomic E-state index is -0.225. The lowest BCUT2D eigenvalue weighted by atomic mass is 9.95. The molecule has 5 heteroatoms. The molecule has 0 bridgehead atoms. The molecule has 3 aromatic rings. The van der Waals surface area contributed by atoms with Crippen molar-refractivity contribution in [1.82, 2.24) is 5.32 Å². The lowest BCUT2D eigenvalue weighted by molar-refractivity contribution is 0.0899. The lowest BCUT2D eigenvalue weighted by Crippen LogP contribution is -2.31. The smallest absolute Gasteiger partial charge is 0.287 e. The number of hydrogen-bond acceptors (Lipinski definition) is 4. The van der Waals surface area contributed by atoms with Crippen molar-refractivity contribution in [2.24, 2.45) is 5.92 Å². The quantitative estimate of drug-likeness (QED) is 0.727. The Balaban J connectivity index is 1.59. The molecule has 1 aromatic heterocycles. The number of carbonyl (C=O) groups is 1. The second kappa shape index (κ2) is 7.35. The first-order chi connectivity index (χ1) is 13.1. The highest BCUT2D eigenvalue weighted by Gasteiger charge is 2.23. The van der Waals surface area contributed by atoms with Gasteiger partial charge >= 0.3 is 0 Å². The van der Waals surface area contributed by atoms with Gasteiger partial charge in [-0.1, -0.05) is 38.1 Å². The molecule has 4 rings (SSSR count). The largest absolute Gasteiger partial charge is 0.490 e. The summed E-state index contributed by atoms with van der Waals surface area (Å²) in [5.41, 5.74) is 1.69. The molecular formula is C22H23NO4. The maximum atomic E-state index is 12.8. The fourth-order valence-electron chi connectivity index (χ4n) is 3.31. The van der Waals surface area contributed by atoms with Crippen LogP contribution in [0.5, 0.6) is 11.5 Å². The van der Waals surface area contributed by atoms with Crippen molar-refractivity contribution in [1.29, 1.82) is 0 Å². The zero-order chi connectivity index (χ0) is 18.8. The van der Waals surface area contributed by atoms with E-state index in [1.54, 1.807) is 6.07 Å². The first-order valence-electron chi connectivity index (χ1n) is 9.31. The molecule has 1 aliphatic rings. The monoisotopic (exact) mass is 365 g/mol. The summed E-state index contributed by atoms with van der Waals surface area (Å²) < 4.78 is 17.2. The number of hydrogen-bond donors (Lipinski definition) is 1. The Morgan fingerprint density at radius 1 is 1.00 bits per heavy atom. The average molecular weight is 365 g/mol. The van der Waals surface area contributed by atoms with Crippen molar-refractivity contribution in [3.05, 3.63) is 59.9 Å². The Labute approximate surface area is 158 Å². The molecule has 140 valence electrons. The van der Waals surface area contributed by atoms with Crippen molar-refractivity contribution >= 4 is 16.9 Å². The van der Waals surface area contributed by atoms with Gasteiger partial charge in [0.2, 0.25) is 0 Å². The summed E-state index contributed by atoms with van der Waals surface area (Å²) in [6, 6.07) is 15.1. The molecule has 0 spiro atoms. The number of para-hydroxylation sites is 1. The van der Waals surface area contributed by atoms with Gasteiger partial charge in [0, 0.05) is 11.8 Å². The van der Waals surface area contributed by atoms with Crippen LogP contribution in [0.2, 0.25) is 0 Å². The second-order valence-corrected chi connectivity index (χ2v) is 7.10. The van der Waals surface area contributed by atoms with Crippen LogP contribution in [-0.4, -0.2) is 19.1 Å². The van der Waals surface area contributed by atoms with Crippen molar-refractivity contribution in [3.63, 3.8) is 0 Å². The van der Waals surface area contributed by atoms with Crippen LogP contribution in [0.1, 0.15) is 42.4 Å². The standard InChI is InChI=1S/C22H23NO4/c1-14(2)21(16-8-9-18-19(13-16)26-11-5-10-25-18)23-22(24)20-12-15-6-3-4-7-17(15)27-20/h3-4,6-9,12-14,21H,5,10-11H2,1-2H3,(H,23,24)/t21-/m1/s1. The predicted molar refractivity (Wildman–Crippen MR) is 103 cm³/mol. The fraction of sp³-hybridized carbons (Fsp3) is 0.318. The lowest BCUT2D eigenvalue weighted by Gasteiger charge is -2.23. The minimum absolute atomic E-state index is 0.164. The molecule has 2 aromatic carbocycles. The second-order valence-electron chi connectivity index (χ2n) is 7.10. The first kappa shape index (κ1) is 17.5. The molecule has 0 saturated heterocycles. The molecule has 27 heavy (non-hydrogen) atoms. The Hall–Kier alpha value is -2.95. The van der Waals surface area contributed by atoms with Gasteiger partial charge in [0.15, 0.2) is 17.3 Å². The van der Waals surface area contributed by atoms with Crippen LogP contribution in [0.25, 0.3) is 11.0 Å². The van der Waals surface area contributed by atoms with Gasteiger partial charge in [-0.25, -0.2) is 0 Å². The summed E-state index contributed by atoms with van der Waals surface area (Å²) >= 11 is 0. The number of carbonyl (C=O) groups excluding carboxylic acids is 1. The van der Waals surface area contributed by atoms with E-state index in [4.69, 9.17) is 13.9 Å². The van der Waals surface area contributed by atoms with Crippen LogP contribution in [0.3, 0.4) is 0 Å². The average Bonchev–Trinajstić information content (AvgIpc) is 2.97. The van der Waals surface area contributed by atoms with E-state index in [-0.39, 0.29) is 17.9 Å². The summed E-state index contributed by atoms with van der Waals surface area (Å²) in [7, 11) is 0. The third-order valence-electron chi connectivity index (χ3n) is 4.73. The van der Waals surface area contributed by atoms with Crippen molar-refractivity contribution in [2.75, 3.05) is 13.2 Å².